The molecule has 3 rings (SSSR count). The molecule has 0 spiro atoms. The molecular weight excluding hydrogens is 352 g/mol. The molecule has 2 aromatic heterocycles. The molecule has 10 nitrogen and oxygen atoms in total. The number of carbonyl (C=O) groups excluding carboxylic acids is 2. The second kappa shape index (κ2) is 7.68. The minimum atomic E-state index is -0.590. The van der Waals surface area contributed by atoms with Gasteiger partial charge in [-0.2, -0.15) is 9.61 Å². The van der Waals surface area contributed by atoms with E-state index in [2.05, 4.69) is 20.6 Å². The SMILES string of the molecule is CCOC(=O)c1cnn2c(N)c(C(=O)Nc3ccc(OCC)cc3)nnc12. The summed E-state index contributed by atoms with van der Waals surface area (Å²) in [6.45, 7) is 4.33. The summed E-state index contributed by atoms with van der Waals surface area (Å²) in [6, 6.07) is 6.85. The van der Waals surface area contributed by atoms with Crippen LogP contribution < -0.4 is 15.8 Å². The highest BCUT2D eigenvalue weighted by Crippen LogP contribution is 2.18. The molecule has 2 heterocycles. The van der Waals surface area contributed by atoms with Gasteiger partial charge < -0.3 is 20.5 Å². The first kappa shape index (κ1) is 18.1. The lowest BCUT2D eigenvalue weighted by molar-refractivity contribution is 0.0528. The Morgan fingerprint density at radius 1 is 1.15 bits per heavy atom. The van der Waals surface area contributed by atoms with Gasteiger partial charge in [0.25, 0.3) is 5.91 Å². The molecule has 0 aliphatic heterocycles. The quantitative estimate of drug-likeness (QED) is 0.624. The van der Waals surface area contributed by atoms with Gasteiger partial charge >= 0.3 is 5.97 Å². The monoisotopic (exact) mass is 370 g/mol. The van der Waals surface area contributed by atoms with Crippen LogP contribution in [0.5, 0.6) is 5.75 Å². The van der Waals surface area contributed by atoms with Crippen LogP contribution in [0, 0.1) is 0 Å². The molecule has 0 bridgehead atoms. The van der Waals surface area contributed by atoms with Crippen LogP contribution in [0.15, 0.2) is 30.5 Å². The Balaban J connectivity index is 1.84. The Bertz CT molecular complexity index is 983. The molecule has 27 heavy (non-hydrogen) atoms. The van der Waals surface area contributed by atoms with Gasteiger partial charge in [-0.25, -0.2) is 4.79 Å². The number of nitrogens with one attached hydrogen (secondary N) is 1. The minimum Gasteiger partial charge on any atom is -0.494 e. The predicted octanol–water partition coefficient (Wildman–Crippen LogP) is 1.53. The van der Waals surface area contributed by atoms with Crippen LogP contribution in [0.3, 0.4) is 0 Å². The van der Waals surface area contributed by atoms with Gasteiger partial charge in [0.2, 0.25) is 0 Å². The number of aromatic nitrogens is 4. The zero-order valence-electron chi connectivity index (χ0n) is 14.8. The Morgan fingerprint density at radius 3 is 2.56 bits per heavy atom. The van der Waals surface area contributed by atoms with Gasteiger partial charge in [0.15, 0.2) is 17.2 Å². The van der Waals surface area contributed by atoms with Crippen molar-refractivity contribution >= 4 is 29.0 Å². The lowest BCUT2D eigenvalue weighted by Crippen LogP contribution is -2.19. The van der Waals surface area contributed by atoms with Crippen molar-refractivity contribution in [2.75, 3.05) is 24.3 Å². The first-order valence-electron chi connectivity index (χ1n) is 8.26. The summed E-state index contributed by atoms with van der Waals surface area (Å²) in [5.41, 5.74) is 6.65. The van der Waals surface area contributed by atoms with Crippen molar-refractivity contribution in [1.29, 1.82) is 0 Å². The van der Waals surface area contributed by atoms with E-state index >= 15 is 0 Å². The Labute approximate surface area is 154 Å². The molecule has 0 atom stereocenters. The summed E-state index contributed by atoms with van der Waals surface area (Å²) in [5.74, 6) is -0.495. The Kier molecular flexibility index (Phi) is 5.15. The van der Waals surface area contributed by atoms with Crippen LogP contribution in [-0.4, -0.2) is 44.9 Å². The van der Waals surface area contributed by atoms with Gasteiger partial charge in [-0.15, -0.1) is 10.2 Å². The number of benzene rings is 1. The first-order chi connectivity index (χ1) is 13.0. The largest absolute Gasteiger partial charge is 0.494 e. The number of amides is 1. The molecule has 10 heteroatoms. The van der Waals surface area contributed by atoms with E-state index in [4.69, 9.17) is 15.2 Å². The third kappa shape index (κ3) is 3.64. The topological polar surface area (TPSA) is 134 Å². The van der Waals surface area contributed by atoms with Crippen LogP contribution >= 0.6 is 0 Å². The van der Waals surface area contributed by atoms with Crippen molar-refractivity contribution in [3.05, 3.63) is 41.7 Å². The second-order valence-electron chi connectivity index (χ2n) is 5.36. The van der Waals surface area contributed by atoms with Crippen molar-refractivity contribution in [2.24, 2.45) is 0 Å². The maximum Gasteiger partial charge on any atom is 0.343 e. The van der Waals surface area contributed by atoms with Gasteiger partial charge in [0, 0.05) is 5.69 Å². The minimum absolute atomic E-state index is 0.0426. The molecule has 3 N–H and O–H groups in total. The fourth-order valence-corrected chi connectivity index (χ4v) is 2.37. The van der Waals surface area contributed by atoms with Gasteiger partial charge in [-0.1, -0.05) is 0 Å². The molecule has 0 radical (unpaired) electrons. The molecule has 1 aromatic carbocycles. The van der Waals surface area contributed by atoms with Crippen molar-refractivity contribution in [1.82, 2.24) is 19.8 Å². The van der Waals surface area contributed by atoms with Gasteiger partial charge in [-0.05, 0) is 38.1 Å². The van der Waals surface area contributed by atoms with E-state index in [-0.39, 0.29) is 29.3 Å². The molecule has 140 valence electrons. The summed E-state index contributed by atoms with van der Waals surface area (Å²) >= 11 is 0. The number of hydrogen-bond acceptors (Lipinski definition) is 8. The highest BCUT2D eigenvalue weighted by Gasteiger charge is 2.21. The van der Waals surface area contributed by atoms with Gasteiger partial charge in [0.05, 0.1) is 19.4 Å². The molecular formula is C17H18N6O4. The first-order valence-corrected chi connectivity index (χ1v) is 8.26. The normalized spacial score (nSPS) is 10.6. The average molecular weight is 370 g/mol. The maximum atomic E-state index is 12.5. The number of fused-ring (bicyclic) bond motifs is 1. The van der Waals surface area contributed by atoms with E-state index in [1.165, 1.54) is 10.7 Å². The maximum absolute atomic E-state index is 12.5. The van der Waals surface area contributed by atoms with Crippen LogP contribution in [0.25, 0.3) is 5.65 Å². The van der Waals surface area contributed by atoms with Gasteiger partial charge in [0.1, 0.15) is 11.3 Å². The van der Waals surface area contributed by atoms with E-state index in [0.717, 1.165) is 0 Å². The number of ether oxygens (including phenoxy) is 2. The molecule has 0 aliphatic rings. The highest BCUT2D eigenvalue weighted by molar-refractivity contribution is 6.06. The highest BCUT2D eigenvalue weighted by atomic mass is 16.5. The molecule has 0 aliphatic carbocycles. The smallest absolute Gasteiger partial charge is 0.343 e. The predicted molar refractivity (Wildman–Crippen MR) is 96.7 cm³/mol. The van der Waals surface area contributed by atoms with E-state index in [0.29, 0.717) is 18.0 Å². The van der Waals surface area contributed by atoms with Crippen molar-refractivity contribution in [3.63, 3.8) is 0 Å². The van der Waals surface area contributed by atoms with E-state index in [1.807, 2.05) is 6.92 Å². The number of esters is 1. The van der Waals surface area contributed by atoms with E-state index in [9.17, 15) is 9.59 Å². The van der Waals surface area contributed by atoms with Gasteiger partial charge in [-0.3, -0.25) is 4.79 Å². The van der Waals surface area contributed by atoms with Crippen molar-refractivity contribution < 1.29 is 19.1 Å². The summed E-state index contributed by atoms with van der Waals surface area (Å²) in [4.78, 5) is 24.4. The molecule has 1 amide bonds. The number of anilines is 2. The summed E-state index contributed by atoms with van der Waals surface area (Å²) in [6.07, 6.45) is 1.27. The lowest BCUT2D eigenvalue weighted by Gasteiger charge is -2.08. The average Bonchev–Trinajstić information content (AvgIpc) is 3.09. The zero-order chi connectivity index (χ0) is 19.4. The Hall–Kier alpha value is -3.69. The third-order valence-electron chi connectivity index (χ3n) is 3.59. The summed E-state index contributed by atoms with van der Waals surface area (Å²) in [7, 11) is 0. The fourth-order valence-electron chi connectivity index (χ4n) is 2.37. The standard InChI is InChI=1S/C17H18N6O4/c1-3-26-11-7-5-10(6-8-11)20-16(24)13-14(18)23-15(22-21-13)12(9-19-23)17(25)27-4-2/h5-9H,3-4,18H2,1-2H3,(H,20,24). The Morgan fingerprint density at radius 2 is 1.89 bits per heavy atom. The molecule has 0 fully saturated rings. The third-order valence-corrected chi connectivity index (χ3v) is 3.59. The zero-order valence-corrected chi connectivity index (χ0v) is 14.8. The number of nitrogens with zero attached hydrogens (tertiary/aromatic N) is 4. The fraction of sp³-hybridized carbons (Fsp3) is 0.235. The van der Waals surface area contributed by atoms with E-state index < -0.39 is 11.9 Å². The van der Waals surface area contributed by atoms with Crippen LogP contribution in [0.1, 0.15) is 34.7 Å². The van der Waals surface area contributed by atoms with Crippen molar-refractivity contribution in [2.45, 2.75) is 13.8 Å². The molecule has 3 aromatic rings. The van der Waals surface area contributed by atoms with Crippen molar-refractivity contribution in [3.8, 4) is 5.75 Å². The number of rotatable bonds is 6. The number of nitrogen functional groups attached to an aromatic ring is 1. The number of carbonyl (C=O) groups is 2. The number of hydrogen-bond donors (Lipinski definition) is 2. The molecule has 0 saturated carbocycles. The lowest BCUT2D eigenvalue weighted by atomic mass is 10.3. The van der Waals surface area contributed by atoms with E-state index in [1.54, 1.807) is 31.2 Å². The second-order valence-corrected chi connectivity index (χ2v) is 5.36. The summed E-state index contributed by atoms with van der Waals surface area (Å²) in [5, 5.41) is 14.4. The van der Waals surface area contributed by atoms with Crippen LogP contribution in [0.2, 0.25) is 0 Å². The van der Waals surface area contributed by atoms with Crippen LogP contribution in [-0.2, 0) is 4.74 Å². The number of nitrogens with two attached hydrogens (primary N) is 1. The molecule has 0 saturated heterocycles. The molecule has 0 unspecified atom stereocenters. The summed E-state index contributed by atoms with van der Waals surface area (Å²) < 4.78 is 11.5. The van der Waals surface area contributed by atoms with Crippen LogP contribution in [0.4, 0.5) is 11.5 Å².